The van der Waals surface area contributed by atoms with Crippen LogP contribution in [0.25, 0.3) is 0 Å². The molecule has 6 heteroatoms. The Hall–Kier alpha value is -0.290. The van der Waals surface area contributed by atoms with E-state index in [1.54, 1.807) is 18.2 Å². The summed E-state index contributed by atoms with van der Waals surface area (Å²) in [6.45, 7) is -0.0990. The smallest absolute Gasteiger partial charge is 0.264 e. The summed E-state index contributed by atoms with van der Waals surface area (Å²) in [5.41, 5.74) is 0.546. The highest BCUT2D eigenvalue weighted by Crippen LogP contribution is 2.21. The van der Waals surface area contributed by atoms with Gasteiger partial charge in [-0.1, -0.05) is 23.2 Å². The van der Waals surface area contributed by atoms with Crippen molar-refractivity contribution in [3.63, 3.8) is 0 Å². The molecule has 1 aromatic rings. The number of hydrogen-bond donors (Lipinski definition) is 0. The van der Waals surface area contributed by atoms with Crippen LogP contribution in [0.4, 0.5) is 0 Å². The minimum absolute atomic E-state index is 0.0990. The van der Waals surface area contributed by atoms with E-state index < -0.39 is 10.1 Å². The zero-order valence-corrected chi connectivity index (χ0v) is 9.66. The first-order valence-electron chi connectivity index (χ1n) is 3.67. The molecule has 0 aromatic heterocycles. The van der Waals surface area contributed by atoms with Crippen LogP contribution in [0.15, 0.2) is 18.2 Å². The fraction of sp³-hybridized carbons (Fsp3) is 0.250. The van der Waals surface area contributed by atoms with Crippen molar-refractivity contribution in [1.82, 2.24) is 0 Å². The minimum atomic E-state index is -3.45. The van der Waals surface area contributed by atoms with Gasteiger partial charge in [-0.05, 0) is 23.8 Å². The van der Waals surface area contributed by atoms with E-state index in [4.69, 9.17) is 23.2 Å². The third-order valence-electron chi connectivity index (χ3n) is 1.44. The lowest BCUT2D eigenvalue weighted by atomic mass is 10.2. The highest BCUT2D eigenvalue weighted by molar-refractivity contribution is 7.85. The van der Waals surface area contributed by atoms with E-state index in [0.29, 0.717) is 15.6 Å². The quantitative estimate of drug-likeness (QED) is 0.779. The van der Waals surface area contributed by atoms with E-state index in [1.807, 2.05) is 0 Å². The molecule has 1 rings (SSSR count). The molecule has 0 aliphatic rings. The summed E-state index contributed by atoms with van der Waals surface area (Å²) >= 11 is 11.5. The molecule has 0 aliphatic heterocycles. The highest BCUT2D eigenvalue weighted by atomic mass is 35.5. The summed E-state index contributed by atoms with van der Waals surface area (Å²) in [5, 5.41) is 0.916. The molecule has 0 fully saturated rings. The van der Waals surface area contributed by atoms with Gasteiger partial charge in [-0.25, -0.2) is 0 Å². The van der Waals surface area contributed by atoms with Crippen molar-refractivity contribution in [2.75, 3.05) is 6.26 Å². The Morgan fingerprint density at radius 3 is 2.57 bits per heavy atom. The molecular formula is C8H8Cl2O3S. The summed E-state index contributed by atoms with van der Waals surface area (Å²) in [6.07, 6.45) is 0.978. The summed E-state index contributed by atoms with van der Waals surface area (Å²) in [6, 6.07) is 4.77. The van der Waals surface area contributed by atoms with Crippen molar-refractivity contribution in [2.24, 2.45) is 0 Å². The summed E-state index contributed by atoms with van der Waals surface area (Å²) < 4.78 is 26.0. The lowest BCUT2D eigenvalue weighted by Crippen LogP contribution is -2.02. The third-order valence-corrected chi connectivity index (χ3v) is 2.59. The molecule has 1 aromatic carbocycles. The Bertz CT molecular complexity index is 428. The largest absolute Gasteiger partial charge is 0.265 e. The van der Waals surface area contributed by atoms with Crippen molar-refractivity contribution in [1.29, 1.82) is 0 Å². The van der Waals surface area contributed by atoms with Crippen LogP contribution in [0.1, 0.15) is 5.56 Å². The van der Waals surface area contributed by atoms with Gasteiger partial charge in [0.1, 0.15) is 0 Å². The van der Waals surface area contributed by atoms with Crippen molar-refractivity contribution >= 4 is 33.3 Å². The first-order valence-corrected chi connectivity index (χ1v) is 6.24. The van der Waals surface area contributed by atoms with Crippen LogP contribution in [0.2, 0.25) is 10.0 Å². The minimum Gasteiger partial charge on any atom is -0.265 e. The number of halogens is 2. The maximum absolute atomic E-state index is 10.7. The number of rotatable bonds is 3. The van der Waals surface area contributed by atoms with Crippen molar-refractivity contribution in [3.05, 3.63) is 33.8 Å². The standard InChI is InChI=1S/C8H8Cl2O3S/c1-14(11,12)13-5-6-4-7(9)2-3-8(6)10/h2-4H,5H2,1H3. The molecule has 14 heavy (non-hydrogen) atoms. The van der Waals surface area contributed by atoms with Crippen LogP contribution in [0, 0.1) is 0 Å². The first-order chi connectivity index (χ1) is 6.38. The molecule has 0 saturated heterocycles. The van der Waals surface area contributed by atoms with Crippen LogP contribution >= 0.6 is 23.2 Å². The van der Waals surface area contributed by atoms with Crippen LogP contribution in [0.5, 0.6) is 0 Å². The molecule has 0 radical (unpaired) electrons. The van der Waals surface area contributed by atoms with Crippen LogP contribution in [-0.4, -0.2) is 14.7 Å². The molecule has 0 saturated carbocycles. The molecule has 0 aliphatic carbocycles. The topological polar surface area (TPSA) is 43.4 Å². The van der Waals surface area contributed by atoms with Crippen molar-refractivity contribution in [2.45, 2.75) is 6.61 Å². The van der Waals surface area contributed by atoms with E-state index in [1.165, 1.54) is 0 Å². The number of hydrogen-bond acceptors (Lipinski definition) is 3. The maximum Gasteiger partial charge on any atom is 0.264 e. The Morgan fingerprint density at radius 2 is 2.00 bits per heavy atom. The predicted molar refractivity (Wildman–Crippen MR) is 56.1 cm³/mol. The van der Waals surface area contributed by atoms with E-state index in [-0.39, 0.29) is 6.61 Å². The molecule has 0 heterocycles. The van der Waals surface area contributed by atoms with Gasteiger partial charge in [0, 0.05) is 10.0 Å². The molecule has 78 valence electrons. The summed E-state index contributed by atoms with van der Waals surface area (Å²) in [7, 11) is -3.45. The SMILES string of the molecule is CS(=O)(=O)OCc1cc(Cl)ccc1Cl. The Balaban J connectivity index is 2.81. The molecular weight excluding hydrogens is 247 g/mol. The average Bonchev–Trinajstić information content (AvgIpc) is 2.05. The van der Waals surface area contributed by atoms with Gasteiger partial charge in [0.25, 0.3) is 10.1 Å². The average molecular weight is 255 g/mol. The van der Waals surface area contributed by atoms with Crippen LogP contribution in [-0.2, 0) is 20.9 Å². The maximum atomic E-state index is 10.7. The van der Waals surface area contributed by atoms with Gasteiger partial charge in [-0.2, -0.15) is 8.42 Å². The van der Waals surface area contributed by atoms with Gasteiger partial charge in [-0.15, -0.1) is 0 Å². The number of benzene rings is 1. The second-order valence-electron chi connectivity index (χ2n) is 2.70. The van der Waals surface area contributed by atoms with E-state index in [0.717, 1.165) is 6.26 Å². The predicted octanol–water partition coefficient (Wildman–Crippen LogP) is 2.47. The zero-order valence-electron chi connectivity index (χ0n) is 7.33. The molecule has 0 amide bonds. The molecule has 0 N–H and O–H groups in total. The highest BCUT2D eigenvalue weighted by Gasteiger charge is 2.06. The zero-order chi connectivity index (χ0) is 10.8. The lowest BCUT2D eigenvalue weighted by Gasteiger charge is -2.04. The van der Waals surface area contributed by atoms with E-state index in [9.17, 15) is 8.42 Å². The van der Waals surface area contributed by atoms with Gasteiger partial charge in [-0.3, -0.25) is 4.18 Å². The molecule has 0 atom stereocenters. The molecule has 0 bridgehead atoms. The van der Waals surface area contributed by atoms with Gasteiger partial charge >= 0.3 is 0 Å². The van der Waals surface area contributed by atoms with Crippen molar-refractivity contribution < 1.29 is 12.6 Å². The Kier molecular flexibility index (Phi) is 3.78. The van der Waals surface area contributed by atoms with Gasteiger partial charge in [0.05, 0.1) is 12.9 Å². The third kappa shape index (κ3) is 3.84. The van der Waals surface area contributed by atoms with Crippen LogP contribution in [0.3, 0.4) is 0 Å². The Morgan fingerprint density at radius 1 is 1.36 bits per heavy atom. The lowest BCUT2D eigenvalue weighted by molar-refractivity contribution is 0.312. The van der Waals surface area contributed by atoms with Crippen molar-refractivity contribution in [3.8, 4) is 0 Å². The fourth-order valence-electron chi connectivity index (χ4n) is 0.824. The van der Waals surface area contributed by atoms with E-state index >= 15 is 0 Å². The van der Waals surface area contributed by atoms with Crippen LogP contribution < -0.4 is 0 Å². The fourth-order valence-corrected chi connectivity index (χ4v) is 1.53. The molecule has 0 spiro atoms. The second-order valence-corrected chi connectivity index (χ2v) is 5.19. The monoisotopic (exact) mass is 254 g/mol. The van der Waals surface area contributed by atoms with E-state index in [2.05, 4.69) is 4.18 Å². The molecule has 3 nitrogen and oxygen atoms in total. The van der Waals surface area contributed by atoms with Gasteiger partial charge < -0.3 is 0 Å². The summed E-state index contributed by atoms with van der Waals surface area (Å²) in [4.78, 5) is 0. The van der Waals surface area contributed by atoms with Gasteiger partial charge in [0.2, 0.25) is 0 Å². The van der Waals surface area contributed by atoms with Gasteiger partial charge in [0.15, 0.2) is 0 Å². The summed E-state index contributed by atoms with van der Waals surface area (Å²) in [5.74, 6) is 0. The second kappa shape index (κ2) is 4.49. The molecule has 0 unspecified atom stereocenters. The Labute approximate surface area is 92.7 Å². The normalized spacial score (nSPS) is 11.6. The first kappa shape index (κ1) is 11.8.